The van der Waals surface area contributed by atoms with Gasteiger partial charge in [-0.05, 0) is 26.0 Å². The van der Waals surface area contributed by atoms with Crippen molar-refractivity contribution in [3.05, 3.63) is 41.4 Å². The predicted octanol–water partition coefficient (Wildman–Crippen LogP) is 2.61. The first-order valence-electron chi connectivity index (χ1n) is 6.21. The molecule has 3 rings (SSSR count). The second-order valence-electron chi connectivity index (χ2n) is 4.55. The van der Waals surface area contributed by atoms with E-state index in [0.29, 0.717) is 28.4 Å². The minimum absolute atomic E-state index is 0.140. The van der Waals surface area contributed by atoms with Gasteiger partial charge in [-0.15, -0.1) is 0 Å². The summed E-state index contributed by atoms with van der Waals surface area (Å²) in [6, 6.07) is 7.44. The molecule has 0 bridgehead atoms. The Bertz CT molecular complexity index is 753. The zero-order valence-corrected chi connectivity index (χ0v) is 11.1. The molecule has 0 aliphatic carbocycles. The van der Waals surface area contributed by atoms with E-state index in [4.69, 9.17) is 9.05 Å². The molecule has 1 aromatic carbocycles. The molecule has 0 aliphatic heterocycles. The summed E-state index contributed by atoms with van der Waals surface area (Å²) in [6.07, 6.45) is 0.140. The molecule has 102 valence electrons. The number of hydrogen-bond acceptors (Lipinski definition) is 5. The Hall–Kier alpha value is -2.63. The molecular formula is C14H13N3O3. The highest BCUT2D eigenvalue weighted by Crippen LogP contribution is 2.21. The molecule has 2 heterocycles. The maximum atomic E-state index is 12.1. The van der Waals surface area contributed by atoms with Gasteiger partial charge in [0.2, 0.25) is 5.91 Å². The number of aromatic nitrogens is 2. The fourth-order valence-electron chi connectivity index (χ4n) is 2.06. The molecule has 0 spiro atoms. The van der Waals surface area contributed by atoms with Crippen LogP contribution in [-0.4, -0.2) is 16.2 Å². The summed E-state index contributed by atoms with van der Waals surface area (Å²) in [7, 11) is 0. The maximum Gasteiger partial charge on any atom is 0.230 e. The Labute approximate surface area is 114 Å². The van der Waals surface area contributed by atoms with Crippen LogP contribution in [0.25, 0.3) is 11.0 Å². The highest BCUT2D eigenvalue weighted by Gasteiger charge is 2.15. The summed E-state index contributed by atoms with van der Waals surface area (Å²) in [5.41, 5.74) is 2.56. The van der Waals surface area contributed by atoms with E-state index in [2.05, 4.69) is 15.6 Å². The average molecular weight is 271 g/mol. The van der Waals surface area contributed by atoms with Crippen LogP contribution in [0.4, 0.5) is 5.69 Å². The van der Waals surface area contributed by atoms with Crippen LogP contribution in [0.3, 0.4) is 0 Å². The van der Waals surface area contributed by atoms with Gasteiger partial charge in [-0.3, -0.25) is 4.79 Å². The summed E-state index contributed by atoms with van der Waals surface area (Å²) in [6.45, 7) is 3.53. The van der Waals surface area contributed by atoms with E-state index in [9.17, 15) is 4.79 Å². The highest BCUT2D eigenvalue weighted by atomic mass is 16.5. The number of carbonyl (C=O) groups excluding carboxylic acids is 1. The molecule has 3 aromatic rings. The van der Waals surface area contributed by atoms with Crippen LogP contribution in [0.15, 0.2) is 33.3 Å². The third-order valence-corrected chi connectivity index (χ3v) is 3.08. The fraction of sp³-hybridized carbons (Fsp3) is 0.214. The number of nitrogens with zero attached hydrogens (tertiary/aromatic N) is 2. The SMILES string of the molecule is Cc1noc(C)c1NC(=O)Cc1noc2ccccc12. The lowest BCUT2D eigenvalue weighted by atomic mass is 10.1. The van der Waals surface area contributed by atoms with Crippen LogP contribution in [0.1, 0.15) is 17.1 Å². The number of hydrogen-bond donors (Lipinski definition) is 1. The van der Waals surface area contributed by atoms with Crippen molar-refractivity contribution in [2.45, 2.75) is 20.3 Å². The Morgan fingerprint density at radius 1 is 1.20 bits per heavy atom. The summed E-state index contributed by atoms with van der Waals surface area (Å²) in [4.78, 5) is 12.1. The van der Waals surface area contributed by atoms with Gasteiger partial charge < -0.3 is 14.4 Å². The van der Waals surface area contributed by atoms with Crippen LogP contribution >= 0.6 is 0 Å². The topological polar surface area (TPSA) is 81.2 Å². The molecule has 1 N–H and O–H groups in total. The van der Waals surface area contributed by atoms with Crippen molar-refractivity contribution in [2.75, 3.05) is 5.32 Å². The first-order chi connectivity index (χ1) is 9.65. The smallest absolute Gasteiger partial charge is 0.230 e. The molecule has 6 heteroatoms. The molecule has 0 fully saturated rings. The number of benzene rings is 1. The number of aryl methyl sites for hydroxylation is 2. The Kier molecular flexibility index (Phi) is 2.98. The number of para-hydroxylation sites is 1. The number of rotatable bonds is 3. The Balaban J connectivity index is 1.80. The zero-order valence-electron chi connectivity index (χ0n) is 11.1. The quantitative estimate of drug-likeness (QED) is 0.791. The maximum absolute atomic E-state index is 12.1. The van der Waals surface area contributed by atoms with E-state index < -0.39 is 0 Å². The molecular weight excluding hydrogens is 258 g/mol. The van der Waals surface area contributed by atoms with Gasteiger partial charge in [0.15, 0.2) is 11.3 Å². The molecule has 0 radical (unpaired) electrons. The van der Waals surface area contributed by atoms with Crippen molar-refractivity contribution in [3.63, 3.8) is 0 Å². The first-order valence-corrected chi connectivity index (χ1v) is 6.21. The number of carbonyl (C=O) groups is 1. The molecule has 0 saturated heterocycles. The predicted molar refractivity (Wildman–Crippen MR) is 72.3 cm³/mol. The van der Waals surface area contributed by atoms with Gasteiger partial charge >= 0.3 is 0 Å². The first kappa shape index (κ1) is 12.4. The van der Waals surface area contributed by atoms with E-state index in [1.54, 1.807) is 13.8 Å². The van der Waals surface area contributed by atoms with Crippen molar-refractivity contribution in [3.8, 4) is 0 Å². The van der Waals surface area contributed by atoms with Gasteiger partial charge in [0.05, 0.1) is 6.42 Å². The summed E-state index contributed by atoms with van der Waals surface area (Å²) in [5.74, 6) is 0.402. The number of nitrogens with one attached hydrogen (secondary N) is 1. The van der Waals surface area contributed by atoms with Gasteiger partial charge in [-0.25, -0.2) is 0 Å². The molecule has 0 atom stereocenters. The lowest BCUT2D eigenvalue weighted by Gasteiger charge is -2.02. The van der Waals surface area contributed by atoms with Crippen LogP contribution < -0.4 is 5.32 Å². The molecule has 0 saturated carbocycles. The van der Waals surface area contributed by atoms with Crippen molar-refractivity contribution >= 4 is 22.6 Å². The van der Waals surface area contributed by atoms with Crippen LogP contribution in [-0.2, 0) is 11.2 Å². The average Bonchev–Trinajstić information content (AvgIpc) is 2.98. The third-order valence-electron chi connectivity index (χ3n) is 3.08. The summed E-state index contributed by atoms with van der Waals surface area (Å²) < 4.78 is 10.2. The molecule has 0 unspecified atom stereocenters. The zero-order chi connectivity index (χ0) is 14.1. The molecule has 2 aromatic heterocycles. The number of amides is 1. The number of anilines is 1. The normalized spacial score (nSPS) is 10.9. The minimum Gasteiger partial charge on any atom is -0.359 e. The molecule has 6 nitrogen and oxygen atoms in total. The Morgan fingerprint density at radius 2 is 2.00 bits per heavy atom. The molecule has 1 amide bonds. The summed E-state index contributed by atoms with van der Waals surface area (Å²) in [5, 5.41) is 11.4. The third kappa shape index (κ3) is 2.16. The van der Waals surface area contributed by atoms with Crippen LogP contribution in [0.2, 0.25) is 0 Å². The standard InChI is InChI=1S/C14H13N3O3/c1-8-14(9(2)19-16-8)15-13(18)7-11-10-5-3-4-6-12(10)20-17-11/h3-6H,7H2,1-2H3,(H,15,18). The van der Waals surface area contributed by atoms with E-state index in [1.165, 1.54) is 0 Å². The Morgan fingerprint density at radius 3 is 2.75 bits per heavy atom. The van der Waals surface area contributed by atoms with Crippen molar-refractivity contribution in [1.82, 2.24) is 10.3 Å². The van der Waals surface area contributed by atoms with Crippen LogP contribution in [0.5, 0.6) is 0 Å². The molecule has 0 aliphatic rings. The van der Waals surface area contributed by atoms with Crippen molar-refractivity contribution in [2.24, 2.45) is 0 Å². The lowest BCUT2D eigenvalue weighted by molar-refractivity contribution is -0.115. The second kappa shape index (κ2) is 4.80. The van der Waals surface area contributed by atoms with Crippen LogP contribution in [0, 0.1) is 13.8 Å². The van der Waals surface area contributed by atoms with Crippen molar-refractivity contribution in [1.29, 1.82) is 0 Å². The van der Waals surface area contributed by atoms with Gasteiger partial charge in [0.1, 0.15) is 17.1 Å². The number of fused-ring (bicyclic) bond motifs is 1. The summed E-state index contributed by atoms with van der Waals surface area (Å²) >= 11 is 0. The van der Waals surface area contributed by atoms with E-state index >= 15 is 0 Å². The molecule has 20 heavy (non-hydrogen) atoms. The van der Waals surface area contributed by atoms with E-state index in [-0.39, 0.29) is 12.3 Å². The highest BCUT2D eigenvalue weighted by molar-refractivity contribution is 5.95. The van der Waals surface area contributed by atoms with E-state index in [1.807, 2.05) is 24.3 Å². The monoisotopic (exact) mass is 271 g/mol. The second-order valence-corrected chi connectivity index (χ2v) is 4.55. The van der Waals surface area contributed by atoms with Gasteiger partial charge in [-0.2, -0.15) is 0 Å². The lowest BCUT2D eigenvalue weighted by Crippen LogP contribution is -2.15. The van der Waals surface area contributed by atoms with Gasteiger partial charge in [0, 0.05) is 5.39 Å². The largest absolute Gasteiger partial charge is 0.359 e. The van der Waals surface area contributed by atoms with Gasteiger partial charge in [0.25, 0.3) is 0 Å². The van der Waals surface area contributed by atoms with Gasteiger partial charge in [-0.1, -0.05) is 22.4 Å². The van der Waals surface area contributed by atoms with Crippen molar-refractivity contribution < 1.29 is 13.8 Å². The van der Waals surface area contributed by atoms with E-state index in [0.717, 1.165) is 5.39 Å². The minimum atomic E-state index is -0.182. The fourth-order valence-corrected chi connectivity index (χ4v) is 2.06.